The molecule has 1 aromatic rings. The highest BCUT2D eigenvalue weighted by Crippen LogP contribution is 2.19. The molecule has 1 aliphatic heterocycles. The zero-order valence-corrected chi connectivity index (χ0v) is 11.5. The summed E-state index contributed by atoms with van der Waals surface area (Å²) in [5, 5.41) is 5.14. The Morgan fingerprint density at radius 3 is 2.87 bits per heavy atom. The third-order valence-corrected chi connectivity index (χ3v) is 4.41. The van der Waals surface area contributed by atoms with Gasteiger partial charge in [-0.25, -0.2) is 0 Å². The Morgan fingerprint density at radius 2 is 2.47 bits per heavy atom. The van der Waals surface area contributed by atoms with Crippen LogP contribution in [0.4, 0.5) is 0 Å². The van der Waals surface area contributed by atoms with Crippen LogP contribution in [0, 0.1) is 2.88 Å². The lowest BCUT2D eigenvalue weighted by molar-refractivity contribution is 0.0631. The number of hydrogen-bond donors (Lipinski definition) is 1. The van der Waals surface area contributed by atoms with Crippen molar-refractivity contribution in [3.8, 4) is 0 Å². The van der Waals surface area contributed by atoms with Crippen molar-refractivity contribution in [1.82, 2.24) is 10.2 Å². The molecule has 2 heterocycles. The molecule has 1 fully saturated rings. The van der Waals surface area contributed by atoms with E-state index in [-0.39, 0.29) is 5.91 Å². The molecule has 82 valence electrons. The van der Waals surface area contributed by atoms with E-state index < -0.39 is 0 Å². The van der Waals surface area contributed by atoms with E-state index in [2.05, 4.69) is 27.9 Å². The summed E-state index contributed by atoms with van der Waals surface area (Å²) in [6, 6.07) is 2.35. The zero-order valence-electron chi connectivity index (χ0n) is 8.50. The fourth-order valence-electron chi connectivity index (χ4n) is 1.65. The number of nitrogens with zero attached hydrogens (tertiary/aromatic N) is 1. The van der Waals surface area contributed by atoms with E-state index in [1.807, 2.05) is 23.3 Å². The van der Waals surface area contributed by atoms with Gasteiger partial charge in [0.25, 0.3) is 5.91 Å². The molecule has 2 rings (SSSR count). The molecule has 3 nitrogen and oxygen atoms in total. The van der Waals surface area contributed by atoms with Gasteiger partial charge in [-0.05, 0) is 35.6 Å². The summed E-state index contributed by atoms with van der Waals surface area (Å²) in [7, 11) is 0. The second-order valence-corrected chi connectivity index (χ2v) is 6.35. The Balaban J connectivity index is 2.10. The van der Waals surface area contributed by atoms with Crippen LogP contribution in [-0.4, -0.2) is 36.5 Å². The lowest BCUT2D eigenvalue weighted by Crippen LogP contribution is -2.58. The van der Waals surface area contributed by atoms with E-state index >= 15 is 0 Å². The Labute approximate surface area is 107 Å². The van der Waals surface area contributed by atoms with Gasteiger partial charge in [-0.3, -0.25) is 4.79 Å². The first-order chi connectivity index (χ1) is 7.22. The maximum Gasteiger partial charge on any atom is 0.255 e. The second kappa shape index (κ2) is 4.80. The standard InChI is InChI=1S/C10H13IN2OS/c1-2-13(8-4-12-5-8)10(14)7-3-9(11)15-6-7/h3,6,8,12H,2,4-5H2,1H3. The Kier molecular flexibility index (Phi) is 3.63. The van der Waals surface area contributed by atoms with Crippen molar-refractivity contribution in [1.29, 1.82) is 0 Å². The number of carbonyl (C=O) groups is 1. The SMILES string of the molecule is CCN(C(=O)c1csc(I)c1)C1CNC1. The van der Waals surface area contributed by atoms with Crippen LogP contribution in [0.15, 0.2) is 11.4 Å². The van der Waals surface area contributed by atoms with Crippen LogP contribution in [0.25, 0.3) is 0 Å². The van der Waals surface area contributed by atoms with Crippen molar-refractivity contribution in [2.75, 3.05) is 19.6 Å². The smallest absolute Gasteiger partial charge is 0.255 e. The third kappa shape index (κ3) is 2.34. The molecule has 0 bridgehead atoms. The van der Waals surface area contributed by atoms with Crippen LogP contribution < -0.4 is 5.32 Å². The highest BCUT2D eigenvalue weighted by molar-refractivity contribution is 14.1. The van der Waals surface area contributed by atoms with E-state index in [0.29, 0.717) is 6.04 Å². The first-order valence-corrected chi connectivity index (χ1v) is 6.94. The number of rotatable bonds is 3. The van der Waals surface area contributed by atoms with Gasteiger partial charge in [0, 0.05) is 25.0 Å². The van der Waals surface area contributed by atoms with Gasteiger partial charge in [0.1, 0.15) is 0 Å². The fourth-order valence-corrected chi connectivity index (χ4v) is 2.97. The fraction of sp³-hybridized carbons (Fsp3) is 0.500. The molecule has 1 saturated heterocycles. The number of likely N-dealkylation sites (N-methyl/N-ethyl adjacent to an activating group) is 1. The summed E-state index contributed by atoms with van der Waals surface area (Å²) >= 11 is 3.87. The molecule has 1 aliphatic rings. The van der Waals surface area contributed by atoms with E-state index in [0.717, 1.165) is 25.2 Å². The van der Waals surface area contributed by atoms with Crippen LogP contribution in [0.2, 0.25) is 0 Å². The number of nitrogens with one attached hydrogen (secondary N) is 1. The Hall–Kier alpha value is -0.140. The quantitative estimate of drug-likeness (QED) is 0.854. The normalized spacial score (nSPS) is 16.1. The number of hydrogen-bond acceptors (Lipinski definition) is 3. The molecule has 0 aromatic carbocycles. The molecule has 5 heteroatoms. The lowest BCUT2D eigenvalue weighted by Gasteiger charge is -2.37. The lowest BCUT2D eigenvalue weighted by atomic mass is 10.1. The van der Waals surface area contributed by atoms with Gasteiger partial charge in [-0.1, -0.05) is 0 Å². The maximum absolute atomic E-state index is 12.1. The predicted octanol–water partition coefficient (Wildman–Crippen LogP) is 1.79. The van der Waals surface area contributed by atoms with Crippen molar-refractivity contribution in [3.63, 3.8) is 0 Å². The summed E-state index contributed by atoms with van der Waals surface area (Å²) in [6.07, 6.45) is 0. The van der Waals surface area contributed by atoms with Gasteiger partial charge >= 0.3 is 0 Å². The Bertz CT molecular complexity index is 362. The largest absolute Gasteiger partial charge is 0.333 e. The van der Waals surface area contributed by atoms with Crippen LogP contribution in [0.5, 0.6) is 0 Å². The molecular weight excluding hydrogens is 323 g/mol. The average Bonchev–Trinajstić information content (AvgIpc) is 2.57. The molecular formula is C10H13IN2OS. The highest BCUT2D eigenvalue weighted by Gasteiger charge is 2.28. The molecule has 0 radical (unpaired) electrons. The molecule has 0 saturated carbocycles. The first-order valence-electron chi connectivity index (χ1n) is 4.98. The minimum absolute atomic E-state index is 0.170. The van der Waals surface area contributed by atoms with Crippen molar-refractivity contribution >= 4 is 39.8 Å². The third-order valence-electron chi connectivity index (χ3n) is 2.62. The summed E-state index contributed by atoms with van der Waals surface area (Å²) in [5.41, 5.74) is 0.832. The molecule has 1 amide bonds. The van der Waals surface area contributed by atoms with Crippen molar-refractivity contribution < 1.29 is 4.79 Å². The Morgan fingerprint density at radius 1 is 1.73 bits per heavy atom. The minimum atomic E-state index is 0.170. The van der Waals surface area contributed by atoms with E-state index in [9.17, 15) is 4.79 Å². The first kappa shape index (κ1) is 11.3. The van der Waals surface area contributed by atoms with Gasteiger partial charge in [0.05, 0.1) is 14.5 Å². The van der Waals surface area contributed by atoms with Crippen LogP contribution in [0.1, 0.15) is 17.3 Å². The summed E-state index contributed by atoms with van der Waals surface area (Å²) in [4.78, 5) is 14.1. The molecule has 0 unspecified atom stereocenters. The number of amides is 1. The van der Waals surface area contributed by atoms with Gasteiger partial charge in [-0.2, -0.15) is 0 Å². The molecule has 15 heavy (non-hydrogen) atoms. The molecule has 1 N–H and O–H groups in total. The number of thiophene rings is 1. The topological polar surface area (TPSA) is 32.3 Å². The predicted molar refractivity (Wildman–Crippen MR) is 70.4 cm³/mol. The van der Waals surface area contributed by atoms with Gasteiger partial charge in [0.2, 0.25) is 0 Å². The number of carbonyl (C=O) groups excluding carboxylic acids is 1. The summed E-state index contributed by atoms with van der Waals surface area (Å²) in [5.74, 6) is 0.170. The molecule has 0 spiro atoms. The highest BCUT2D eigenvalue weighted by atomic mass is 127. The molecule has 1 aromatic heterocycles. The van der Waals surface area contributed by atoms with Crippen molar-refractivity contribution in [2.24, 2.45) is 0 Å². The zero-order chi connectivity index (χ0) is 10.8. The monoisotopic (exact) mass is 336 g/mol. The van der Waals surface area contributed by atoms with Gasteiger partial charge in [-0.15, -0.1) is 11.3 Å². The van der Waals surface area contributed by atoms with E-state index in [4.69, 9.17) is 0 Å². The van der Waals surface area contributed by atoms with Gasteiger partial charge in [0.15, 0.2) is 0 Å². The maximum atomic E-state index is 12.1. The van der Waals surface area contributed by atoms with Gasteiger partial charge < -0.3 is 10.2 Å². The van der Waals surface area contributed by atoms with Crippen LogP contribution in [0.3, 0.4) is 0 Å². The van der Waals surface area contributed by atoms with Crippen molar-refractivity contribution in [3.05, 3.63) is 19.9 Å². The summed E-state index contributed by atoms with van der Waals surface area (Å²) < 4.78 is 1.17. The van der Waals surface area contributed by atoms with Crippen LogP contribution >= 0.6 is 33.9 Å². The van der Waals surface area contributed by atoms with Crippen molar-refractivity contribution in [2.45, 2.75) is 13.0 Å². The van der Waals surface area contributed by atoms with Crippen LogP contribution in [-0.2, 0) is 0 Å². The van der Waals surface area contributed by atoms with E-state index in [1.165, 1.54) is 2.88 Å². The minimum Gasteiger partial charge on any atom is -0.333 e. The number of halogens is 1. The molecule has 0 atom stereocenters. The second-order valence-electron chi connectivity index (χ2n) is 3.54. The van der Waals surface area contributed by atoms with E-state index in [1.54, 1.807) is 11.3 Å². The average molecular weight is 336 g/mol. The molecule has 0 aliphatic carbocycles. The summed E-state index contributed by atoms with van der Waals surface area (Å²) in [6.45, 7) is 4.69.